The van der Waals surface area contributed by atoms with Gasteiger partial charge in [0.25, 0.3) is 0 Å². The molecule has 0 radical (unpaired) electrons. The van der Waals surface area contributed by atoms with Crippen LogP contribution >= 0.6 is 0 Å². The molecule has 0 heterocycles. The van der Waals surface area contributed by atoms with Gasteiger partial charge in [-0.25, -0.2) is 0 Å². The standard InChI is InChI=1S/C18H25NO2/c1-12-10-16(20)8-9-17(12)19-18(21)15-7-6-13-4-2-3-5-14(13)11-15/h8-10,13-15,20H,2-7,11H2,1H3,(H,19,21). The van der Waals surface area contributed by atoms with Crippen LogP contribution in [0.15, 0.2) is 18.2 Å². The summed E-state index contributed by atoms with van der Waals surface area (Å²) in [7, 11) is 0. The predicted molar refractivity (Wildman–Crippen MR) is 84.3 cm³/mol. The molecule has 2 aliphatic rings. The number of phenolic OH excluding ortho intramolecular Hbond substituents is 1. The fraction of sp³-hybridized carbons (Fsp3) is 0.611. The third-order valence-corrected chi connectivity index (χ3v) is 5.38. The fourth-order valence-corrected chi connectivity index (χ4v) is 4.13. The summed E-state index contributed by atoms with van der Waals surface area (Å²) in [5.41, 5.74) is 1.73. The maximum Gasteiger partial charge on any atom is 0.227 e. The molecule has 1 amide bonds. The molecule has 114 valence electrons. The predicted octanol–water partition coefficient (Wildman–Crippen LogP) is 4.25. The molecule has 2 aliphatic carbocycles. The number of anilines is 1. The summed E-state index contributed by atoms with van der Waals surface area (Å²) in [6.07, 6.45) is 8.72. The molecule has 3 rings (SSSR count). The Morgan fingerprint density at radius 1 is 1.14 bits per heavy atom. The van der Waals surface area contributed by atoms with E-state index in [1.807, 2.05) is 6.92 Å². The summed E-state index contributed by atoms with van der Waals surface area (Å²) in [6, 6.07) is 5.10. The van der Waals surface area contributed by atoms with Crippen LogP contribution in [0, 0.1) is 24.7 Å². The van der Waals surface area contributed by atoms with Crippen molar-refractivity contribution in [3.8, 4) is 5.75 Å². The first kappa shape index (κ1) is 14.4. The average molecular weight is 287 g/mol. The second kappa shape index (κ2) is 6.08. The summed E-state index contributed by atoms with van der Waals surface area (Å²) in [5.74, 6) is 2.21. The molecule has 1 aromatic rings. The van der Waals surface area contributed by atoms with E-state index in [4.69, 9.17) is 0 Å². The van der Waals surface area contributed by atoms with Gasteiger partial charge in [-0.05, 0) is 61.8 Å². The maximum absolute atomic E-state index is 12.5. The van der Waals surface area contributed by atoms with Gasteiger partial charge in [0.1, 0.15) is 5.75 Å². The van der Waals surface area contributed by atoms with E-state index in [1.165, 1.54) is 32.1 Å². The van der Waals surface area contributed by atoms with Gasteiger partial charge in [-0.3, -0.25) is 4.79 Å². The molecule has 21 heavy (non-hydrogen) atoms. The summed E-state index contributed by atoms with van der Waals surface area (Å²) >= 11 is 0. The molecule has 3 heteroatoms. The fourth-order valence-electron chi connectivity index (χ4n) is 4.13. The smallest absolute Gasteiger partial charge is 0.227 e. The van der Waals surface area contributed by atoms with Crippen LogP contribution in [0.4, 0.5) is 5.69 Å². The molecule has 2 fully saturated rings. The van der Waals surface area contributed by atoms with Crippen molar-refractivity contribution >= 4 is 11.6 Å². The van der Waals surface area contributed by atoms with Crippen molar-refractivity contribution in [2.24, 2.45) is 17.8 Å². The van der Waals surface area contributed by atoms with Gasteiger partial charge in [0.15, 0.2) is 0 Å². The number of aryl methyl sites for hydroxylation is 1. The molecule has 3 atom stereocenters. The van der Waals surface area contributed by atoms with Crippen LogP contribution in [0.1, 0.15) is 50.5 Å². The molecule has 1 aromatic carbocycles. The number of hydrogen-bond acceptors (Lipinski definition) is 2. The number of hydrogen-bond donors (Lipinski definition) is 2. The van der Waals surface area contributed by atoms with E-state index in [1.54, 1.807) is 18.2 Å². The molecule has 3 unspecified atom stereocenters. The molecular formula is C18H25NO2. The van der Waals surface area contributed by atoms with E-state index in [0.717, 1.165) is 35.9 Å². The summed E-state index contributed by atoms with van der Waals surface area (Å²) in [4.78, 5) is 12.5. The van der Waals surface area contributed by atoms with Crippen LogP contribution in [0.2, 0.25) is 0 Å². The van der Waals surface area contributed by atoms with E-state index >= 15 is 0 Å². The average Bonchev–Trinajstić information content (AvgIpc) is 2.49. The van der Waals surface area contributed by atoms with Crippen molar-refractivity contribution < 1.29 is 9.90 Å². The summed E-state index contributed by atoms with van der Waals surface area (Å²) in [5, 5.41) is 12.5. The number of carbonyl (C=O) groups is 1. The number of rotatable bonds is 2. The highest BCUT2D eigenvalue weighted by Crippen LogP contribution is 2.43. The molecule has 0 saturated heterocycles. The van der Waals surface area contributed by atoms with Gasteiger partial charge in [0.2, 0.25) is 5.91 Å². The highest BCUT2D eigenvalue weighted by atomic mass is 16.3. The molecule has 2 N–H and O–H groups in total. The number of aromatic hydroxyl groups is 1. The van der Waals surface area contributed by atoms with Crippen LogP contribution in [-0.2, 0) is 4.79 Å². The molecule has 0 aliphatic heterocycles. The van der Waals surface area contributed by atoms with E-state index < -0.39 is 0 Å². The number of benzene rings is 1. The molecule has 2 saturated carbocycles. The zero-order valence-corrected chi connectivity index (χ0v) is 12.8. The molecular weight excluding hydrogens is 262 g/mol. The minimum absolute atomic E-state index is 0.160. The number of fused-ring (bicyclic) bond motifs is 1. The van der Waals surface area contributed by atoms with Crippen molar-refractivity contribution in [1.82, 2.24) is 0 Å². The Kier molecular flexibility index (Phi) is 4.18. The lowest BCUT2D eigenvalue weighted by molar-refractivity contribution is -0.122. The zero-order valence-electron chi connectivity index (χ0n) is 12.8. The first-order valence-corrected chi connectivity index (χ1v) is 8.24. The second-order valence-corrected chi connectivity index (χ2v) is 6.80. The molecule has 0 aromatic heterocycles. The third-order valence-electron chi connectivity index (χ3n) is 5.38. The number of carbonyl (C=O) groups excluding carboxylic acids is 1. The van der Waals surface area contributed by atoms with E-state index in [2.05, 4.69) is 5.32 Å². The SMILES string of the molecule is Cc1cc(O)ccc1NC(=O)C1CCC2CCCCC2C1. The highest BCUT2D eigenvalue weighted by Gasteiger charge is 2.35. The minimum Gasteiger partial charge on any atom is -0.508 e. The quantitative estimate of drug-likeness (QED) is 0.799. The third kappa shape index (κ3) is 3.22. The largest absolute Gasteiger partial charge is 0.508 e. The van der Waals surface area contributed by atoms with Gasteiger partial charge in [0.05, 0.1) is 0 Å². The van der Waals surface area contributed by atoms with Crippen LogP contribution in [-0.4, -0.2) is 11.0 Å². The first-order chi connectivity index (χ1) is 10.1. The molecule has 0 bridgehead atoms. The lowest BCUT2D eigenvalue weighted by Crippen LogP contribution is -2.33. The topological polar surface area (TPSA) is 49.3 Å². The van der Waals surface area contributed by atoms with Gasteiger partial charge in [-0.1, -0.05) is 25.7 Å². The summed E-state index contributed by atoms with van der Waals surface area (Å²) in [6.45, 7) is 1.91. The maximum atomic E-state index is 12.5. The first-order valence-electron chi connectivity index (χ1n) is 8.24. The zero-order chi connectivity index (χ0) is 14.8. The van der Waals surface area contributed by atoms with E-state index in [9.17, 15) is 9.90 Å². The van der Waals surface area contributed by atoms with Gasteiger partial charge < -0.3 is 10.4 Å². The van der Waals surface area contributed by atoms with Crippen LogP contribution in [0.5, 0.6) is 5.75 Å². The number of amides is 1. The lowest BCUT2D eigenvalue weighted by Gasteiger charge is -2.38. The monoisotopic (exact) mass is 287 g/mol. The minimum atomic E-state index is 0.160. The van der Waals surface area contributed by atoms with Gasteiger partial charge in [-0.15, -0.1) is 0 Å². The van der Waals surface area contributed by atoms with E-state index in [0.29, 0.717) is 0 Å². The number of phenols is 1. The van der Waals surface area contributed by atoms with E-state index in [-0.39, 0.29) is 17.6 Å². The van der Waals surface area contributed by atoms with Crippen molar-refractivity contribution in [3.05, 3.63) is 23.8 Å². The Hall–Kier alpha value is -1.51. The van der Waals surface area contributed by atoms with Gasteiger partial charge >= 0.3 is 0 Å². The molecule has 3 nitrogen and oxygen atoms in total. The normalized spacial score (nSPS) is 28.7. The van der Waals surface area contributed by atoms with Crippen molar-refractivity contribution in [2.75, 3.05) is 5.32 Å². The van der Waals surface area contributed by atoms with Gasteiger partial charge in [0, 0.05) is 11.6 Å². The summed E-state index contributed by atoms with van der Waals surface area (Å²) < 4.78 is 0. The number of nitrogens with one attached hydrogen (secondary N) is 1. The Labute approximate surface area is 126 Å². The van der Waals surface area contributed by atoms with Crippen molar-refractivity contribution in [2.45, 2.75) is 51.9 Å². The Morgan fingerprint density at radius 3 is 2.67 bits per heavy atom. The Balaban J connectivity index is 1.63. The molecule has 0 spiro atoms. The lowest BCUT2D eigenvalue weighted by atomic mass is 9.67. The van der Waals surface area contributed by atoms with Gasteiger partial charge in [-0.2, -0.15) is 0 Å². The Bertz CT molecular complexity index is 526. The van der Waals surface area contributed by atoms with Crippen LogP contribution < -0.4 is 5.32 Å². The highest BCUT2D eigenvalue weighted by molar-refractivity contribution is 5.93. The second-order valence-electron chi connectivity index (χ2n) is 6.80. The van der Waals surface area contributed by atoms with Crippen molar-refractivity contribution in [3.63, 3.8) is 0 Å². The van der Waals surface area contributed by atoms with Crippen LogP contribution in [0.25, 0.3) is 0 Å². The van der Waals surface area contributed by atoms with Crippen molar-refractivity contribution in [1.29, 1.82) is 0 Å². The Morgan fingerprint density at radius 2 is 1.90 bits per heavy atom. The van der Waals surface area contributed by atoms with Crippen LogP contribution in [0.3, 0.4) is 0 Å².